The Hall–Kier alpha value is -1.22. The molecule has 0 saturated carbocycles. The fourth-order valence-corrected chi connectivity index (χ4v) is 3.98. The molecule has 0 aliphatic carbocycles. The van der Waals surface area contributed by atoms with E-state index in [0.29, 0.717) is 12.8 Å². The highest BCUT2D eigenvalue weighted by Gasteiger charge is 2.42. The standard InChI is InChI=1S/C22H41NO7/c1-5-9-15(10-6-2)21(25)28-14-18-20(17(24)13-19(23-27)29-18)30-22(26)16(11-7-3)12-8-4/h15-20,23-24,27H,5-14H2,1-4H3. The molecule has 0 amide bonds. The molecule has 0 aromatic carbocycles. The molecule has 0 aromatic rings. The molecule has 176 valence electrons. The highest BCUT2D eigenvalue weighted by atomic mass is 16.6. The molecule has 0 bridgehead atoms. The second kappa shape index (κ2) is 14.7. The van der Waals surface area contributed by atoms with E-state index >= 15 is 0 Å². The molecule has 1 rings (SSSR count). The minimum Gasteiger partial charge on any atom is -0.463 e. The van der Waals surface area contributed by atoms with E-state index in [2.05, 4.69) is 0 Å². The minimum absolute atomic E-state index is 0.0550. The van der Waals surface area contributed by atoms with Crippen molar-refractivity contribution in [2.45, 2.75) is 110 Å². The van der Waals surface area contributed by atoms with Gasteiger partial charge >= 0.3 is 11.9 Å². The Morgan fingerprint density at radius 3 is 1.93 bits per heavy atom. The van der Waals surface area contributed by atoms with Crippen LogP contribution in [0.5, 0.6) is 0 Å². The van der Waals surface area contributed by atoms with Crippen molar-refractivity contribution in [1.29, 1.82) is 0 Å². The van der Waals surface area contributed by atoms with Crippen molar-refractivity contribution in [3.63, 3.8) is 0 Å². The summed E-state index contributed by atoms with van der Waals surface area (Å²) in [5.41, 5.74) is 1.99. The molecule has 0 spiro atoms. The number of carbonyl (C=O) groups is 2. The zero-order chi connectivity index (χ0) is 22.5. The summed E-state index contributed by atoms with van der Waals surface area (Å²) < 4.78 is 16.8. The van der Waals surface area contributed by atoms with Gasteiger partial charge in [0.25, 0.3) is 0 Å². The summed E-state index contributed by atoms with van der Waals surface area (Å²) in [6, 6.07) is 0. The summed E-state index contributed by atoms with van der Waals surface area (Å²) in [7, 11) is 0. The van der Waals surface area contributed by atoms with Crippen LogP contribution < -0.4 is 5.48 Å². The molecular formula is C22H41NO7. The van der Waals surface area contributed by atoms with Crippen LogP contribution in [0.1, 0.15) is 85.5 Å². The van der Waals surface area contributed by atoms with E-state index in [4.69, 9.17) is 14.2 Å². The Morgan fingerprint density at radius 1 is 0.967 bits per heavy atom. The number of aliphatic hydroxyl groups is 1. The van der Waals surface area contributed by atoms with E-state index in [0.717, 1.165) is 38.5 Å². The number of nitrogens with one attached hydrogen (secondary N) is 1. The first-order valence-electron chi connectivity index (χ1n) is 11.5. The lowest BCUT2D eigenvalue weighted by Gasteiger charge is -2.38. The number of rotatable bonds is 14. The Balaban J connectivity index is 2.83. The smallest absolute Gasteiger partial charge is 0.309 e. The number of hydroxylamine groups is 1. The predicted molar refractivity (Wildman–Crippen MR) is 112 cm³/mol. The van der Waals surface area contributed by atoms with Crippen molar-refractivity contribution in [2.75, 3.05) is 6.61 Å². The van der Waals surface area contributed by atoms with Gasteiger partial charge in [-0.2, -0.15) is 5.48 Å². The van der Waals surface area contributed by atoms with E-state index in [1.54, 1.807) is 0 Å². The van der Waals surface area contributed by atoms with Gasteiger partial charge in [-0.05, 0) is 25.7 Å². The Labute approximate surface area is 180 Å². The van der Waals surface area contributed by atoms with Crippen molar-refractivity contribution in [1.82, 2.24) is 5.48 Å². The molecule has 8 nitrogen and oxygen atoms in total. The maximum atomic E-state index is 12.7. The van der Waals surface area contributed by atoms with Crippen molar-refractivity contribution in [2.24, 2.45) is 11.8 Å². The number of hydrogen-bond donors (Lipinski definition) is 3. The lowest BCUT2D eigenvalue weighted by Crippen LogP contribution is -2.55. The van der Waals surface area contributed by atoms with E-state index < -0.39 is 24.5 Å². The molecule has 4 unspecified atom stereocenters. The monoisotopic (exact) mass is 431 g/mol. The average Bonchev–Trinajstić information content (AvgIpc) is 2.73. The number of carbonyl (C=O) groups excluding carboxylic acids is 2. The van der Waals surface area contributed by atoms with Gasteiger partial charge in [0.05, 0.1) is 17.9 Å². The third-order valence-corrected chi connectivity index (χ3v) is 5.54. The fourth-order valence-electron chi connectivity index (χ4n) is 3.98. The zero-order valence-electron chi connectivity index (χ0n) is 19.0. The summed E-state index contributed by atoms with van der Waals surface area (Å²) in [6.07, 6.45) is 2.76. The van der Waals surface area contributed by atoms with Crippen LogP contribution in [0.4, 0.5) is 0 Å². The SMILES string of the molecule is CCCC(CCC)C(=O)OCC1OC(NO)CC(O)C1OC(=O)C(CCC)CCC. The zero-order valence-corrected chi connectivity index (χ0v) is 19.0. The largest absolute Gasteiger partial charge is 0.463 e. The number of ether oxygens (including phenoxy) is 3. The molecule has 1 aliphatic heterocycles. The molecule has 1 aliphatic rings. The molecule has 3 N–H and O–H groups in total. The van der Waals surface area contributed by atoms with Crippen LogP contribution in [0.3, 0.4) is 0 Å². The van der Waals surface area contributed by atoms with Gasteiger partial charge in [0, 0.05) is 6.42 Å². The van der Waals surface area contributed by atoms with E-state index in [9.17, 15) is 19.9 Å². The quantitative estimate of drug-likeness (QED) is 0.283. The van der Waals surface area contributed by atoms with Gasteiger partial charge in [0.1, 0.15) is 18.9 Å². The molecule has 4 atom stereocenters. The minimum atomic E-state index is -1.04. The van der Waals surface area contributed by atoms with Gasteiger partial charge in [0.2, 0.25) is 0 Å². The van der Waals surface area contributed by atoms with Gasteiger partial charge in [-0.1, -0.05) is 53.4 Å². The highest BCUT2D eigenvalue weighted by Crippen LogP contribution is 2.26. The maximum absolute atomic E-state index is 12.7. The molecule has 8 heteroatoms. The second-order valence-corrected chi connectivity index (χ2v) is 8.18. The Kier molecular flexibility index (Phi) is 13.2. The first-order chi connectivity index (χ1) is 14.4. The Morgan fingerprint density at radius 2 is 1.47 bits per heavy atom. The predicted octanol–water partition coefficient (Wildman–Crippen LogP) is 3.33. The van der Waals surface area contributed by atoms with E-state index in [1.165, 1.54) is 0 Å². The molecule has 0 aromatic heterocycles. The normalized spacial score (nSPS) is 24.3. The van der Waals surface area contributed by atoms with Gasteiger partial charge < -0.3 is 24.5 Å². The van der Waals surface area contributed by atoms with Crippen LogP contribution in [0.15, 0.2) is 0 Å². The lowest BCUT2D eigenvalue weighted by atomic mass is 9.97. The summed E-state index contributed by atoms with van der Waals surface area (Å²) in [5.74, 6) is -1.09. The lowest BCUT2D eigenvalue weighted by molar-refractivity contribution is -0.227. The second-order valence-electron chi connectivity index (χ2n) is 8.18. The molecular weight excluding hydrogens is 390 g/mol. The number of esters is 2. The van der Waals surface area contributed by atoms with Crippen molar-refractivity contribution >= 4 is 11.9 Å². The van der Waals surface area contributed by atoms with Crippen molar-refractivity contribution in [3.05, 3.63) is 0 Å². The maximum Gasteiger partial charge on any atom is 0.309 e. The van der Waals surface area contributed by atoms with Gasteiger partial charge in [-0.25, -0.2) is 0 Å². The van der Waals surface area contributed by atoms with Crippen LogP contribution in [0.2, 0.25) is 0 Å². The third-order valence-electron chi connectivity index (χ3n) is 5.54. The van der Waals surface area contributed by atoms with Crippen LogP contribution in [-0.4, -0.2) is 53.4 Å². The summed E-state index contributed by atoms with van der Waals surface area (Å²) >= 11 is 0. The molecule has 30 heavy (non-hydrogen) atoms. The van der Waals surface area contributed by atoms with Crippen LogP contribution >= 0.6 is 0 Å². The van der Waals surface area contributed by atoms with Gasteiger partial charge in [-0.15, -0.1) is 0 Å². The number of aliphatic hydroxyl groups excluding tert-OH is 1. The van der Waals surface area contributed by atoms with Crippen LogP contribution in [-0.2, 0) is 23.8 Å². The average molecular weight is 432 g/mol. The molecule has 0 radical (unpaired) electrons. The van der Waals surface area contributed by atoms with E-state index in [1.807, 2.05) is 33.2 Å². The molecule has 1 saturated heterocycles. The number of hydrogen-bond acceptors (Lipinski definition) is 8. The van der Waals surface area contributed by atoms with Crippen molar-refractivity contribution < 1.29 is 34.1 Å². The molecule has 1 heterocycles. The van der Waals surface area contributed by atoms with Gasteiger partial charge in [0.15, 0.2) is 6.10 Å². The summed E-state index contributed by atoms with van der Waals surface area (Å²) in [4.78, 5) is 25.2. The van der Waals surface area contributed by atoms with Crippen LogP contribution in [0, 0.1) is 11.8 Å². The summed E-state index contributed by atoms with van der Waals surface area (Å²) in [6.45, 7) is 7.91. The molecule has 1 fully saturated rings. The first-order valence-corrected chi connectivity index (χ1v) is 11.5. The van der Waals surface area contributed by atoms with E-state index in [-0.39, 0.29) is 36.8 Å². The fraction of sp³-hybridized carbons (Fsp3) is 0.909. The van der Waals surface area contributed by atoms with Crippen molar-refractivity contribution in [3.8, 4) is 0 Å². The third kappa shape index (κ3) is 8.49. The van der Waals surface area contributed by atoms with Crippen LogP contribution in [0.25, 0.3) is 0 Å². The summed E-state index contributed by atoms with van der Waals surface area (Å²) in [5, 5.41) is 19.8. The van der Waals surface area contributed by atoms with Gasteiger partial charge in [-0.3, -0.25) is 9.59 Å². The Bertz CT molecular complexity index is 490. The topological polar surface area (TPSA) is 114 Å². The highest BCUT2D eigenvalue weighted by molar-refractivity contribution is 5.73. The first kappa shape index (κ1) is 26.8.